The molecule has 0 heterocycles. The first-order valence-corrected chi connectivity index (χ1v) is 4.12. The fraction of sp³-hybridized carbons (Fsp3) is 0.400. The van der Waals surface area contributed by atoms with Crippen LogP contribution in [0.15, 0.2) is 24.3 Å². The molecule has 0 bridgehead atoms. The maximum atomic E-state index is 11.6. The van der Waals surface area contributed by atoms with Gasteiger partial charge in [0.2, 0.25) is 0 Å². The third-order valence-electron chi connectivity index (χ3n) is 1.65. The third-order valence-corrected chi connectivity index (χ3v) is 1.65. The van der Waals surface area contributed by atoms with Crippen LogP contribution in [0.3, 0.4) is 0 Å². The second-order valence-electron chi connectivity index (χ2n) is 2.73. The zero-order chi connectivity index (χ0) is 11.0. The van der Waals surface area contributed by atoms with Crippen molar-refractivity contribution in [1.82, 2.24) is 0 Å². The Hall–Kier alpha value is -0.138. The first-order chi connectivity index (χ1) is 6.57. The quantitative estimate of drug-likeness (QED) is 0.346. The molecule has 15 heavy (non-hydrogen) atoms. The molecule has 0 fully saturated rings. The molecule has 0 aromatic rings. The third kappa shape index (κ3) is 10.2. The fourth-order valence-corrected chi connectivity index (χ4v) is 0.843. The van der Waals surface area contributed by atoms with Gasteiger partial charge in [0.05, 0.1) is 0 Å². The normalized spacial score (nSPS) is 10.9. The Morgan fingerprint density at radius 3 is 2.67 bits per heavy atom. The van der Waals surface area contributed by atoms with Crippen molar-refractivity contribution in [3.63, 3.8) is 0 Å². The van der Waals surface area contributed by atoms with E-state index in [2.05, 4.69) is 18.2 Å². The molecule has 0 aromatic carbocycles. The molecule has 0 radical (unpaired) electrons. The van der Waals surface area contributed by atoms with E-state index in [1.54, 1.807) is 0 Å². The molecule has 0 amide bonds. The number of hydrogen-bond acceptors (Lipinski definition) is 2. The second-order valence-corrected chi connectivity index (χ2v) is 2.73. The van der Waals surface area contributed by atoms with Crippen molar-refractivity contribution < 1.29 is 49.4 Å². The number of unbranched alkanes of at least 4 members (excludes halogenated alkanes) is 1. The van der Waals surface area contributed by atoms with Crippen molar-refractivity contribution in [3.8, 4) is 0 Å². The van der Waals surface area contributed by atoms with Gasteiger partial charge >= 0.3 is 31.1 Å². The molecule has 1 unspecified atom stereocenters. The van der Waals surface area contributed by atoms with Gasteiger partial charge in [-0.25, -0.2) is 0 Å². The van der Waals surface area contributed by atoms with Crippen molar-refractivity contribution in [2.75, 3.05) is 0 Å². The number of ether oxygens (including phenoxy) is 1. The van der Waals surface area contributed by atoms with Crippen molar-refractivity contribution in [2.45, 2.75) is 25.4 Å². The predicted octanol–water partition coefficient (Wildman–Crippen LogP) is 2.78. The molecule has 0 spiro atoms. The summed E-state index contributed by atoms with van der Waals surface area (Å²) in [7, 11) is 0. The monoisotopic (exact) mass is 440 g/mol. The smallest absolute Gasteiger partial charge is 0.671 e. The van der Waals surface area contributed by atoms with Crippen LogP contribution in [-0.4, -0.2) is 12.6 Å². The Kier molecular flexibility index (Phi) is 11.9. The van der Waals surface area contributed by atoms with Crippen LogP contribution in [0.1, 0.15) is 19.3 Å². The van der Waals surface area contributed by atoms with E-state index in [1.165, 1.54) is 6.47 Å². The molecule has 0 aliphatic rings. The average molecular weight is 440 g/mol. The first-order valence-electron chi connectivity index (χ1n) is 4.12. The Bertz CT molecular complexity index is 225. The maximum Gasteiger partial charge on any atom is 2.00 e. The Morgan fingerprint density at radius 1 is 1.60 bits per heavy atom. The summed E-state index contributed by atoms with van der Waals surface area (Å²) in [4.78, 5) is 9.80. The number of rotatable bonds is 7. The molecule has 0 aromatic heterocycles. The minimum Gasteiger partial charge on any atom is -0.671 e. The van der Waals surface area contributed by atoms with Gasteiger partial charge in [-0.1, -0.05) is 18.6 Å². The summed E-state index contributed by atoms with van der Waals surface area (Å²) in [6.45, 7) is 8.36. The van der Waals surface area contributed by atoms with E-state index >= 15 is 0 Å². The summed E-state index contributed by atoms with van der Waals surface area (Å²) >= 11 is 0. The first kappa shape index (κ1) is 17.3. The second kappa shape index (κ2) is 10.4. The van der Waals surface area contributed by atoms with Gasteiger partial charge in [0.25, 0.3) is 6.08 Å². The summed E-state index contributed by atoms with van der Waals surface area (Å²) in [5.41, 5.74) is 0.598. The van der Waals surface area contributed by atoms with Crippen molar-refractivity contribution >= 4 is 6.47 Å². The van der Waals surface area contributed by atoms with Gasteiger partial charge in [0.15, 0.2) is 0 Å². The van der Waals surface area contributed by atoms with Crippen LogP contribution in [0.5, 0.6) is 0 Å². The van der Waals surface area contributed by atoms with Crippen LogP contribution in [-0.2, 0) is 9.53 Å². The predicted molar refractivity (Wildman–Crippen MR) is 49.2 cm³/mol. The van der Waals surface area contributed by atoms with Gasteiger partial charge in [-0.3, -0.25) is 0 Å². The minimum atomic E-state index is -1.68. The largest absolute Gasteiger partial charge is 2.00 e. The summed E-state index contributed by atoms with van der Waals surface area (Å²) < 4.78 is 27.6. The molecule has 0 saturated carbocycles. The van der Waals surface area contributed by atoms with E-state index in [4.69, 9.17) is 0 Å². The van der Waals surface area contributed by atoms with Crippen molar-refractivity contribution in [3.05, 3.63) is 31.2 Å². The standard InChI is InChI=1S/C10H12F2O2.U/c1-8(9(2)14-7-13)5-3-4-6-10(11)12;/h6,9H,1-5H2;/q-2;+2. The summed E-state index contributed by atoms with van der Waals surface area (Å²) in [6.07, 6.45) is -0.174. The molecule has 0 aliphatic carbocycles. The van der Waals surface area contributed by atoms with Gasteiger partial charge in [-0.2, -0.15) is 8.78 Å². The molecule has 0 saturated heterocycles. The van der Waals surface area contributed by atoms with E-state index in [-0.39, 0.29) is 37.5 Å². The Morgan fingerprint density at radius 2 is 2.20 bits per heavy atom. The van der Waals surface area contributed by atoms with Gasteiger partial charge in [0.1, 0.15) is 0 Å². The fourth-order valence-electron chi connectivity index (χ4n) is 0.843. The molecule has 82 valence electrons. The summed E-state index contributed by atoms with van der Waals surface area (Å²) in [5, 5.41) is 0. The van der Waals surface area contributed by atoms with Crippen LogP contribution in [0.2, 0.25) is 0 Å². The zero-order valence-corrected chi connectivity index (χ0v) is 12.4. The van der Waals surface area contributed by atoms with Crippen LogP contribution in [0, 0.1) is 38.0 Å². The van der Waals surface area contributed by atoms with E-state index in [9.17, 15) is 13.6 Å². The van der Waals surface area contributed by atoms with Crippen LogP contribution < -0.4 is 0 Å². The van der Waals surface area contributed by atoms with E-state index < -0.39 is 12.2 Å². The number of halogens is 2. The van der Waals surface area contributed by atoms with E-state index in [0.717, 1.165) is 6.08 Å². The number of hydrogen-bond donors (Lipinski definition) is 0. The van der Waals surface area contributed by atoms with Gasteiger partial charge in [-0.05, 0) is 31.4 Å². The molecular weight excluding hydrogens is 428 g/mol. The molecular formula is C10H12F2O2U. The van der Waals surface area contributed by atoms with Crippen LogP contribution >= 0.6 is 0 Å². The molecule has 0 rings (SSSR count). The molecule has 5 heteroatoms. The average Bonchev–Trinajstić information content (AvgIpc) is 2.12. The topological polar surface area (TPSA) is 26.3 Å². The molecule has 0 N–H and O–H groups in total. The van der Waals surface area contributed by atoms with Crippen molar-refractivity contribution in [2.24, 2.45) is 0 Å². The minimum absolute atomic E-state index is 0. The van der Waals surface area contributed by atoms with E-state index in [0.29, 0.717) is 18.4 Å². The van der Waals surface area contributed by atoms with Gasteiger partial charge in [-0.15, -0.1) is 0 Å². The maximum absolute atomic E-state index is 11.6. The number of carbonyl (C=O) groups excluding carboxylic acids is 1. The van der Waals surface area contributed by atoms with Crippen LogP contribution in [0.4, 0.5) is 8.78 Å². The zero-order valence-electron chi connectivity index (χ0n) is 8.26. The van der Waals surface area contributed by atoms with Crippen molar-refractivity contribution in [1.29, 1.82) is 0 Å². The molecule has 0 aliphatic heterocycles. The summed E-state index contributed by atoms with van der Waals surface area (Å²) in [6, 6.07) is 0. The van der Waals surface area contributed by atoms with Crippen LogP contribution in [0.25, 0.3) is 0 Å². The van der Waals surface area contributed by atoms with Gasteiger partial charge in [0, 0.05) is 0 Å². The summed E-state index contributed by atoms with van der Waals surface area (Å²) in [5.74, 6) is 0. The van der Waals surface area contributed by atoms with E-state index in [1.807, 2.05) is 0 Å². The Labute approximate surface area is 112 Å². The molecule has 1 atom stereocenters. The SMILES string of the molecule is C=C(CCCC=C(F)F)C([CH2-])O[C-]=O.[U+2]. The number of allylic oxidation sites excluding steroid dienone is 1. The van der Waals surface area contributed by atoms with Gasteiger partial charge < -0.3 is 16.5 Å². The Balaban J connectivity index is 0. The molecule has 2 nitrogen and oxygen atoms in total.